The normalized spacial score (nSPS) is 12.0. The second-order valence-electron chi connectivity index (χ2n) is 4.34. The minimum Gasteiger partial charge on any atom is -0.394 e. The first-order valence-electron chi connectivity index (χ1n) is 6.14. The van der Waals surface area contributed by atoms with Gasteiger partial charge in [-0.3, -0.25) is 4.79 Å². The number of aliphatic hydroxyl groups excluding tert-OH is 1. The number of hydrogen-bond acceptors (Lipinski definition) is 2. The first kappa shape index (κ1) is 15.1. The summed E-state index contributed by atoms with van der Waals surface area (Å²) in [6.07, 6.45) is 0. The molecule has 0 heterocycles. The zero-order valence-corrected chi connectivity index (χ0v) is 10.8. The molecule has 0 aliphatic carbocycles. The van der Waals surface area contributed by atoms with E-state index >= 15 is 0 Å². The Kier molecular flexibility index (Phi) is 4.59. The van der Waals surface area contributed by atoms with Crippen molar-refractivity contribution in [2.45, 2.75) is 6.04 Å². The Morgan fingerprint density at radius 1 is 1.05 bits per heavy atom. The number of amides is 1. The van der Waals surface area contributed by atoms with Crippen LogP contribution in [0, 0.1) is 17.5 Å². The van der Waals surface area contributed by atoms with Crippen molar-refractivity contribution in [3.05, 3.63) is 71.0 Å². The number of carbonyl (C=O) groups is 1. The standard InChI is InChI=1S/C15H12F3NO2/c16-11-7-6-10(13(17)14(11)18)15(21)19-12(8-20)9-4-2-1-3-5-9/h1-7,12,20H,8H2,(H,19,21). The molecule has 0 radical (unpaired) electrons. The van der Waals surface area contributed by atoms with Crippen molar-refractivity contribution in [2.24, 2.45) is 0 Å². The fraction of sp³-hybridized carbons (Fsp3) is 0.133. The lowest BCUT2D eigenvalue weighted by atomic mass is 10.1. The highest BCUT2D eigenvalue weighted by molar-refractivity contribution is 5.94. The first-order valence-corrected chi connectivity index (χ1v) is 6.14. The summed E-state index contributed by atoms with van der Waals surface area (Å²) in [7, 11) is 0. The predicted molar refractivity (Wildman–Crippen MR) is 70.1 cm³/mol. The van der Waals surface area contributed by atoms with Crippen LogP contribution in [0.3, 0.4) is 0 Å². The van der Waals surface area contributed by atoms with E-state index in [0.29, 0.717) is 11.6 Å². The van der Waals surface area contributed by atoms with Gasteiger partial charge in [0.25, 0.3) is 5.91 Å². The fourth-order valence-corrected chi connectivity index (χ4v) is 1.86. The predicted octanol–water partition coefficient (Wildman–Crippen LogP) is 2.57. The molecule has 0 aliphatic rings. The molecule has 0 spiro atoms. The molecule has 2 aromatic carbocycles. The molecule has 1 unspecified atom stereocenters. The van der Waals surface area contributed by atoms with Crippen LogP contribution in [0.1, 0.15) is 22.0 Å². The van der Waals surface area contributed by atoms with Gasteiger partial charge in [-0.05, 0) is 17.7 Å². The maximum atomic E-state index is 13.5. The van der Waals surface area contributed by atoms with Crippen molar-refractivity contribution in [1.29, 1.82) is 0 Å². The van der Waals surface area contributed by atoms with E-state index in [-0.39, 0.29) is 0 Å². The van der Waals surface area contributed by atoms with Crippen LogP contribution < -0.4 is 5.32 Å². The van der Waals surface area contributed by atoms with Gasteiger partial charge in [0, 0.05) is 0 Å². The van der Waals surface area contributed by atoms with E-state index in [1.54, 1.807) is 30.3 Å². The van der Waals surface area contributed by atoms with E-state index in [2.05, 4.69) is 5.32 Å². The van der Waals surface area contributed by atoms with Crippen LogP contribution in [0.4, 0.5) is 13.2 Å². The highest BCUT2D eigenvalue weighted by Crippen LogP contribution is 2.17. The van der Waals surface area contributed by atoms with Gasteiger partial charge in [-0.25, -0.2) is 13.2 Å². The van der Waals surface area contributed by atoms with E-state index in [9.17, 15) is 23.1 Å². The zero-order chi connectivity index (χ0) is 15.4. The number of benzene rings is 2. The fourth-order valence-electron chi connectivity index (χ4n) is 1.86. The van der Waals surface area contributed by atoms with Gasteiger partial charge < -0.3 is 10.4 Å². The van der Waals surface area contributed by atoms with Gasteiger partial charge in [-0.15, -0.1) is 0 Å². The number of aliphatic hydroxyl groups is 1. The lowest BCUT2D eigenvalue weighted by Gasteiger charge is -2.17. The summed E-state index contributed by atoms with van der Waals surface area (Å²) < 4.78 is 39.5. The lowest BCUT2D eigenvalue weighted by Crippen LogP contribution is -2.31. The van der Waals surface area contributed by atoms with Crippen LogP contribution >= 0.6 is 0 Å². The summed E-state index contributed by atoms with van der Waals surface area (Å²) in [5.74, 6) is -5.57. The maximum Gasteiger partial charge on any atom is 0.254 e. The van der Waals surface area contributed by atoms with Crippen molar-refractivity contribution >= 4 is 5.91 Å². The van der Waals surface area contributed by atoms with Crippen LogP contribution in [0.25, 0.3) is 0 Å². The number of nitrogens with one attached hydrogen (secondary N) is 1. The molecule has 0 saturated carbocycles. The molecule has 2 aromatic rings. The van der Waals surface area contributed by atoms with Crippen molar-refractivity contribution in [3.8, 4) is 0 Å². The molecule has 2 rings (SSSR count). The van der Waals surface area contributed by atoms with Gasteiger partial charge in [0.05, 0.1) is 18.2 Å². The molecular formula is C15H12F3NO2. The molecule has 6 heteroatoms. The minimum absolute atomic E-state index is 0.416. The number of rotatable bonds is 4. The van der Waals surface area contributed by atoms with Crippen LogP contribution in [0.2, 0.25) is 0 Å². The average Bonchev–Trinajstić information content (AvgIpc) is 2.51. The average molecular weight is 295 g/mol. The summed E-state index contributed by atoms with van der Waals surface area (Å²) in [6.45, 7) is -0.416. The van der Waals surface area contributed by atoms with E-state index < -0.39 is 41.6 Å². The Morgan fingerprint density at radius 2 is 1.71 bits per heavy atom. The monoisotopic (exact) mass is 295 g/mol. The number of hydrogen-bond donors (Lipinski definition) is 2. The Bertz CT molecular complexity index is 647. The van der Waals surface area contributed by atoms with E-state index in [1.807, 2.05) is 0 Å². The summed E-state index contributed by atoms with van der Waals surface area (Å²) in [5, 5.41) is 11.7. The Hall–Kier alpha value is -2.34. The quantitative estimate of drug-likeness (QED) is 0.852. The molecule has 0 aromatic heterocycles. The lowest BCUT2D eigenvalue weighted by molar-refractivity contribution is 0.0911. The van der Waals surface area contributed by atoms with Crippen LogP contribution in [-0.4, -0.2) is 17.6 Å². The molecule has 0 saturated heterocycles. The summed E-state index contributed by atoms with van der Waals surface area (Å²) >= 11 is 0. The number of halogens is 3. The van der Waals surface area contributed by atoms with Gasteiger partial charge >= 0.3 is 0 Å². The summed E-state index contributed by atoms with van der Waals surface area (Å²) in [6, 6.07) is 9.27. The third kappa shape index (κ3) is 3.22. The zero-order valence-electron chi connectivity index (χ0n) is 10.8. The third-order valence-corrected chi connectivity index (χ3v) is 2.97. The van der Waals surface area contributed by atoms with Crippen molar-refractivity contribution < 1.29 is 23.1 Å². The molecule has 21 heavy (non-hydrogen) atoms. The van der Waals surface area contributed by atoms with E-state index in [4.69, 9.17) is 0 Å². The maximum absolute atomic E-state index is 13.5. The van der Waals surface area contributed by atoms with Gasteiger partial charge in [0.2, 0.25) is 0 Å². The van der Waals surface area contributed by atoms with Crippen LogP contribution in [-0.2, 0) is 0 Å². The molecular weight excluding hydrogens is 283 g/mol. The minimum atomic E-state index is -1.71. The Morgan fingerprint density at radius 3 is 2.33 bits per heavy atom. The van der Waals surface area contributed by atoms with Gasteiger partial charge in [0.1, 0.15) is 0 Å². The third-order valence-electron chi connectivity index (χ3n) is 2.97. The van der Waals surface area contributed by atoms with Gasteiger partial charge in [0.15, 0.2) is 17.5 Å². The Balaban J connectivity index is 2.23. The molecule has 1 amide bonds. The van der Waals surface area contributed by atoms with Crippen molar-refractivity contribution in [2.75, 3.05) is 6.61 Å². The van der Waals surface area contributed by atoms with Crippen LogP contribution in [0.5, 0.6) is 0 Å². The smallest absolute Gasteiger partial charge is 0.254 e. The Labute approximate surface area is 119 Å². The molecule has 3 nitrogen and oxygen atoms in total. The molecule has 1 atom stereocenters. The first-order chi connectivity index (χ1) is 10.0. The molecule has 110 valence electrons. The second kappa shape index (κ2) is 6.41. The van der Waals surface area contributed by atoms with Crippen LogP contribution in [0.15, 0.2) is 42.5 Å². The summed E-state index contributed by atoms with van der Waals surface area (Å²) in [5.41, 5.74) is -0.0142. The number of carbonyl (C=O) groups excluding carboxylic acids is 1. The van der Waals surface area contributed by atoms with E-state index in [0.717, 1.165) is 6.07 Å². The molecule has 0 aliphatic heterocycles. The van der Waals surface area contributed by atoms with E-state index in [1.165, 1.54) is 0 Å². The van der Waals surface area contributed by atoms with Crippen molar-refractivity contribution in [1.82, 2.24) is 5.32 Å². The van der Waals surface area contributed by atoms with Gasteiger partial charge in [-0.2, -0.15) is 0 Å². The summed E-state index contributed by atoms with van der Waals surface area (Å²) in [4.78, 5) is 11.9. The molecule has 0 bridgehead atoms. The SMILES string of the molecule is O=C(NC(CO)c1ccccc1)c1ccc(F)c(F)c1F. The highest BCUT2D eigenvalue weighted by Gasteiger charge is 2.21. The van der Waals surface area contributed by atoms with Crippen molar-refractivity contribution in [3.63, 3.8) is 0 Å². The molecule has 0 fully saturated rings. The largest absolute Gasteiger partial charge is 0.394 e. The highest BCUT2D eigenvalue weighted by atomic mass is 19.2. The van der Waals surface area contributed by atoms with Gasteiger partial charge in [-0.1, -0.05) is 30.3 Å². The topological polar surface area (TPSA) is 49.3 Å². The molecule has 2 N–H and O–H groups in total. The second-order valence-corrected chi connectivity index (χ2v) is 4.34.